The summed E-state index contributed by atoms with van der Waals surface area (Å²) in [5, 5.41) is 6.66. The molecule has 1 amide bonds. The minimum absolute atomic E-state index is 0.398. The quantitative estimate of drug-likeness (QED) is 0.793. The molecule has 3 rings (SSSR count). The first kappa shape index (κ1) is 16.5. The molecular formula is C18H15FN4O2. The van der Waals surface area contributed by atoms with E-state index in [-0.39, 0.29) is 0 Å². The van der Waals surface area contributed by atoms with Crippen molar-refractivity contribution in [2.24, 2.45) is 0 Å². The Hall–Kier alpha value is -3.35. The minimum Gasteiger partial charge on any atom is -0.324 e. The number of nitrogens with zero attached hydrogens (tertiary/aromatic N) is 3. The van der Waals surface area contributed by atoms with Crippen LogP contribution in [0.5, 0.6) is 0 Å². The molecule has 7 heteroatoms. The molecular weight excluding hydrogens is 323 g/mol. The average molecular weight is 338 g/mol. The Labute approximate surface area is 143 Å². The van der Waals surface area contributed by atoms with E-state index in [1.54, 1.807) is 0 Å². The first-order valence-corrected chi connectivity index (χ1v) is 7.62. The summed E-state index contributed by atoms with van der Waals surface area (Å²) >= 11 is 0. The molecule has 0 fully saturated rings. The number of hydrogen-bond donors (Lipinski definition) is 1. The highest BCUT2D eigenvalue weighted by Crippen LogP contribution is 2.14. The molecule has 2 aromatic carbocycles. The summed E-state index contributed by atoms with van der Waals surface area (Å²) in [4.78, 5) is 28.5. The first-order chi connectivity index (χ1) is 12.0. The van der Waals surface area contributed by atoms with E-state index in [2.05, 4.69) is 15.4 Å². The van der Waals surface area contributed by atoms with Crippen LogP contribution >= 0.6 is 0 Å². The van der Waals surface area contributed by atoms with E-state index in [4.69, 9.17) is 0 Å². The van der Waals surface area contributed by atoms with E-state index in [1.807, 2.05) is 30.3 Å². The fourth-order valence-corrected chi connectivity index (χ4v) is 2.25. The maximum Gasteiger partial charge on any atom is 0.365 e. The van der Waals surface area contributed by atoms with Gasteiger partial charge in [-0.25, -0.2) is 13.9 Å². The van der Waals surface area contributed by atoms with Crippen molar-refractivity contribution in [2.45, 2.75) is 13.0 Å². The van der Waals surface area contributed by atoms with Gasteiger partial charge in [-0.05, 0) is 31.2 Å². The Morgan fingerprint density at radius 1 is 1.12 bits per heavy atom. The summed E-state index contributed by atoms with van der Waals surface area (Å²) < 4.78 is 13.9. The molecule has 3 aromatic rings. The van der Waals surface area contributed by atoms with E-state index in [1.165, 1.54) is 37.4 Å². The summed E-state index contributed by atoms with van der Waals surface area (Å²) in [6, 6.07) is 13.6. The maximum atomic E-state index is 12.9. The molecule has 1 N–H and O–H groups in total. The lowest BCUT2D eigenvalue weighted by Crippen LogP contribution is -2.34. The number of halogens is 1. The second-order valence-electron chi connectivity index (χ2n) is 5.41. The predicted octanol–water partition coefficient (Wildman–Crippen LogP) is 2.64. The number of carbonyl (C=O) groups excluding carboxylic acids is 1. The van der Waals surface area contributed by atoms with Crippen LogP contribution in [0, 0.1) is 5.82 Å². The summed E-state index contributed by atoms with van der Waals surface area (Å²) in [6.07, 6.45) is 1.44. The van der Waals surface area contributed by atoms with Gasteiger partial charge in [0, 0.05) is 11.3 Å². The van der Waals surface area contributed by atoms with Gasteiger partial charge in [0.1, 0.15) is 11.9 Å². The van der Waals surface area contributed by atoms with E-state index >= 15 is 0 Å². The summed E-state index contributed by atoms with van der Waals surface area (Å²) in [5.41, 5.74) is 1.01. The highest BCUT2D eigenvalue weighted by molar-refractivity contribution is 5.93. The summed E-state index contributed by atoms with van der Waals surface area (Å²) in [6.45, 7) is 1.54. The normalized spacial score (nSPS) is 11.8. The molecule has 0 radical (unpaired) electrons. The molecule has 1 heterocycles. The summed E-state index contributed by atoms with van der Waals surface area (Å²) in [5.74, 6) is -0.847. The molecule has 6 nitrogen and oxygen atoms in total. The van der Waals surface area contributed by atoms with E-state index in [0.29, 0.717) is 11.4 Å². The third-order valence-electron chi connectivity index (χ3n) is 3.64. The molecule has 25 heavy (non-hydrogen) atoms. The van der Waals surface area contributed by atoms with Crippen LogP contribution in [0.1, 0.15) is 13.0 Å². The Balaban J connectivity index is 1.80. The number of benzene rings is 2. The molecule has 0 saturated heterocycles. The van der Waals surface area contributed by atoms with Gasteiger partial charge in [-0.1, -0.05) is 30.3 Å². The molecule has 126 valence electrons. The molecule has 0 aliphatic heterocycles. The lowest BCUT2D eigenvalue weighted by atomic mass is 10.2. The van der Waals surface area contributed by atoms with Crippen molar-refractivity contribution in [2.75, 3.05) is 5.32 Å². The third kappa shape index (κ3) is 3.77. The number of nitrogens with one attached hydrogen (secondary N) is 1. The van der Waals surface area contributed by atoms with Crippen molar-refractivity contribution in [3.05, 3.63) is 77.1 Å². The van der Waals surface area contributed by atoms with E-state index in [0.717, 1.165) is 10.2 Å². The maximum absolute atomic E-state index is 12.9. The largest absolute Gasteiger partial charge is 0.365 e. The lowest BCUT2D eigenvalue weighted by Gasteiger charge is -2.13. The van der Waals surface area contributed by atoms with E-state index in [9.17, 15) is 14.0 Å². The predicted molar refractivity (Wildman–Crippen MR) is 91.5 cm³/mol. The van der Waals surface area contributed by atoms with Gasteiger partial charge < -0.3 is 5.32 Å². The fourth-order valence-electron chi connectivity index (χ4n) is 2.25. The number of rotatable bonds is 4. The van der Waals surface area contributed by atoms with Crippen LogP contribution in [-0.2, 0) is 4.79 Å². The smallest absolute Gasteiger partial charge is 0.324 e. The van der Waals surface area contributed by atoms with Crippen LogP contribution in [-0.4, -0.2) is 20.7 Å². The second kappa shape index (κ2) is 7.04. The molecule has 1 unspecified atom stereocenters. The zero-order valence-corrected chi connectivity index (χ0v) is 13.4. The molecule has 0 bridgehead atoms. The van der Waals surface area contributed by atoms with Crippen LogP contribution in [0.3, 0.4) is 0 Å². The molecule has 0 saturated carbocycles. The standard InChI is InChI=1S/C18H15FN4O2/c1-12(17(24)21-15-9-7-14(19)8-10-15)23-18(25)22-16(11-20-23)13-5-3-2-4-6-13/h2-12H,1H3,(H,21,24). The van der Waals surface area contributed by atoms with Gasteiger partial charge in [0.25, 0.3) is 0 Å². The van der Waals surface area contributed by atoms with Crippen molar-refractivity contribution < 1.29 is 9.18 Å². The molecule has 1 aromatic heterocycles. The number of carbonyl (C=O) groups is 1. The lowest BCUT2D eigenvalue weighted by molar-refractivity contribution is -0.119. The fraction of sp³-hybridized carbons (Fsp3) is 0.111. The molecule has 0 spiro atoms. The van der Waals surface area contributed by atoms with Crippen molar-refractivity contribution in [3.63, 3.8) is 0 Å². The van der Waals surface area contributed by atoms with Crippen LogP contribution in [0.4, 0.5) is 10.1 Å². The van der Waals surface area contributed by atoms with Gasteiger partial charge in [-0.15, -0.1) is 0 Å². The van der Waals surface area contributed by atoms with Gasteiger partial charge in [-0.2, -0.15) is 10.1 Å². The van der Waals surface area contributed by atoms with Crippen molar-refractivity contribution in [1.82, 2.24) is 14.8 Å². The van der Waals surface area contributed by atoms with Gasteiger partial charge in [0.05, 0.1) is 11.9 Å². The van der Waals surface area contributed by atoms with Crippen molar-refractivity contribution >= 4 is 11.6 Å². The average Bonchev–Trinajstić information content (AvgIpc) is 2.63. The zero-order valence-electron chi connectivity index (χ0n) is 13.4. The van der Waals surface area contributed by atoms with E-state index < -0.39 is 23.5 Å². The monoisotopic (exact) mass is 338 g/mol. The Morgan fingerprint density at radius 2 is 1.80 bits per heavy atom. The zero-order chi connectivity index (χ0) is 17.8. The number of amides is 1. The highest BCUT2D eigenvalue weighted by Gasteiger charge is 2.18. The Kier molecular flexibility index (Phi) is 4.65. The van der Waals surface area contributed by atoms with Crippen molar-refractivity contribution in [3.8, 4) is 11.3 Å². The van der Waals surface area contributed by atoms with Crippen molar-refractivity contribution in [1.29, 1.82) is 0 Å². The Bertz CT molecular complexity index is 939. The third-order valence-corrected chi connectivity index (χ3v) is 3.64. The minimum atomic E-state index is -0.866. The van der Waals surface area contributed by atoms with Gasteiger partial charge >= 0.3 is 5.69 Å². The summed E-state index contributed by atoms with van der Waals surface area (Å²) in [7, 11) is 0. The van der Waals surface area contributed by atoms with Crippen LogP contribution in [0.15, 0.2) is 65.6 Å². The SMILES string of the molecule is CC(C(=O)Nc1ccc(F)cc1)n1ncc(-c2ccccc2)nc1=O. The Morgan fingerprint density at radius 3 is 2.44 bits per heavy atom. The first-order valence-electron chi connectivity index (χ1n) is 7.62. The van der Waals surface area contributed by atoms with Gasteiger partial charge in [0.2, 0.25) is 5.91 Å². The van der Waals surface area contributed by atoms with Crippen LogP contribution in [0.25, 0.3) is 11.3 Å². The topological polar surface area (TPSA) is 76.9 Å². The second-order valence-corrected chi connectivity index (χ2v) is 5.41. The molecule has 0 aliphatic carbocycles. The van der Waals surface area contributed by atoms with Gasteiger partial charge in [0.15, 0.2) is 0 Å². The molecule has 1 atom stereocenters. The molecule has 0 aliphatic rings. The number of anilines is 1. The highest BCUT2D eigenvalue weighted by atomic mass is 19.1. The van der Waals surface area contributed by atoms with Crippen LogP contribution in [0.2, 0.25) is 0 Å². The van der Waals surface area contributed by atoms with Crippen LogP contribution < -0.4 is 11.0 Å². The number of hydrogen-bond acceptors (Lipinski definition) is 4. The van der Waals surface area contributed by atoms with Gasteiger partial charge in [-0.3, -0.25) is 4.79 Å². The number of aromatic nitrogens is 3.